The fourth-order valence-electron chi connectivity index (χ4n) is 4.19. The number of hydrogen-bond donors (Lipinski definition) is 7. The van der Waals surface area contributed by atoms with Crippen LogP contribution in [-0.4, -0.2) is 55.3 Å². The maximum atomic E-state index is 12.8. The first kappa shape index (κ1) is 24.9. The van der Waals surface area contributed by atoms with Crippen molar-refractivity contribution in [1.82, 2.24) is 25.3 Å². The van der Waals surface area contributed by atoms with E-state index in [0.717, 1.165) is 22.7 Å². The Hall–Kier alpha value is -4.25. The molecule has 0 aliphatic rings. The smallest absolute Gasteiger partial charge is 0.326 e. The first-order chi connectivity index (χ1) is 17.2. The predicted molar refractivity (Wildman–Crippen MR) is 137 cm³/mol. The second-order valence-electron chi connectivity index (χ2n) is 8.94. The van der Waals surface area contributed by atoms with E-state index in [0.29, 0.717) is 54.4 Å². The summed E-state index contributed by atoms with van der Waals surface area (Å²) < 4.78 is 0. The van der Waals surface area contributed by atoms with Crippen LogP contribution in [0.1, 0.15) is 47.3 Å². The number of aliphatic carboxylic acids is 1. The summed E-state index contributed by atoms with van der Waals surface area (Å²) in [6.07, 6.45) is 2.50. The van der Waals surface area contributed by atoms with Gasteiger partial charge in [-0.15, -0.1) is 0 Å². The molecule has 1 amide bonds. The van der Waals surface area contributed by atoms with Gasteiger partial charge in [-0.3, -0.25) is 10.2 Å². The topological polar surface area (TPSA) is 200 Å². The van der Waals surface area contributed by atoms with Crippen LogP contribution in [0, 0.1) is 11.3 Å². The number of hydrogen-bond acceptors (Lipinski definition) is 6. The van der Waals surface area contributed by atoms with Gasteiger partial charge < -0.3 is 31.9 Å². The van der Waals surface area contributed by atoms with Gasteiger partial charge in [0.15, 0.2) is 0 Å². The zero-order chi connectivity index (χ0) is 25.8. The molecule has 2 aromatic carbocycles. The number of amidine groups is 1. The summed E-state index contributed by atoms with van der Waals surface area (Å²) in [7, 11) is 0. The van der Waals surface area contributed by atoms with E-state index in [1.165, 1.54) is 0 Å². The number of aromatic amines is 2. The molecule has 2 heterocycles. The van der Waals surface area contributed by atoms with Gasteiger partial charge in [0.25, 0.3) is 5.91 Å². The van der Waals surface area contributed by atoms with Crippen LogP contribution in [-0.2, 0) is 17.6 Å². The predicted octanol–water partition coefficient (Wildman–Crippen LogP) is 2.07. The maximum absolute atomic E-state index is 12.8. The largest absolute Gasteiger partial charge is 0.480 e. The highest BCUT2D eigenvalue weighted by Gasteiger charge is 2.26. The van der Waals surface area contributed by atoms with Crippen LogP contribution in [0.25, 0.3) is 22.1 Å². The number of imidazole rings is 2. The Bertz CT molecular complexity index is 1420. The maximum Gasteiger partial charge on any atom is 0.326 e. The number of nitrogens with zero attached hydrogens (tertiary/aromatic N) is 2. The summed E-state index contributed by atoms with van der Waals surface area (Å²) in [5, 5.41) is 19.8. The first-order valence-electron chi connectivity index (χ1n) is 11.8. The zero-order valence-corrected chi connectivity index (χ0v) is 20.0. The lowest BCUT2D eigenvalue weighted by Gasteiger charge is -2.21. The Morgan fingerprint density at radius 1 is 1.03 bits per heavy atom. The van der Waals surface area contributed by atoms with Gasteiger partial charge in [0, 0.05) is 24.0 Å². The number of carbonyl (C=O) groups is 2. The fraction of sp³-hybridized carbons (Fsp3) is 0.320. The number of aryl methyl sites for hydroxylation is 2. The number of amides is 1. The second-order valence-corrected chi connectivity index (χ2v) is 8.94. The molecule has 9 N–H and O–H groups in total. The van der Waals surface area contributed by atoms with Gasteiger partial charge in [-0.25, -0.2) is 14.8 Å². The normalized spacial score (nSPS) is 13.1. The van der Waals surface area contributed by atoms with Gasteiger partial charge >= 0.3 is 5.97 Å². The fourth-order valence-corrected chi connectivity index (χ4v) is 4.19. The van der Waals surface area contributed by atoms with E-state index < -0.39 is 17.9 Å². The van der Waals surface area contributed by atoms with E-state index in [2.05, 4.69) is 25.3 Å². The van der Waals surface area contributed by atoms with E-state index in [1.54, 1.807) is 37.3 Å². The third-order valence-electron chi connectivity index (χ3n) is 6.22. The average molecular weight is 491 g/mol. The number of rotatable bonds is 11. The number of carboxylic acids is 1. The van der Waals surface area contributed by atoms with Crippen LogP contribution in [0.2, 0.25) is 0 Å². The van der Waals surface area contributed by atoms with Crippen LogP contribution in [0.4, 0.5) is 0 Å². The minimum absolute atomic E-state index is 0.00274. The lowest BCUT2D eigenvalue weighted by molar-refractivity contribution is -0.140. The van der Waals surface area contributed by atoms with Crippen molar-refractivity contribution in [3.05, 3.63) is 59.2 Å². The molecule has 0 aliphatic heterocycles. The highest BCUT2D eigenvalue weighted by molar-refractivity contribution is 5.99. The van der Waals surface area contributed by atoms with Gasteiger partial charge in [-0.1, -0.05) is 6.92 Å². The molecule has 2 aromatic heterocycles. The van der Waals surface area contributed by atoms with Crippen LogP contribution < -0.4 is 16.8 Å². The van der Waals surface area contributed by atoms with Crippen molar-refractivity contribution in [2.45, 2.75) is 38.6 Å². The van der Waals surface area contributed by atoms with Crippen molar-refractivity contribution in [2.75, 3.05) is 6.54 Å². The molecule has 11 heteroatoms. The number of nitrogen functional groups attached to an aromatic ring is 1. The summed E-state index contributed by atoms with van der Waals surface area (Å²) in [6, 6.07) is 9.45. The van der Waals surface area contributed by atoms with Crippen LogP contribution in [0.3, 0.4) is 0 Å². The van der Waals surface area contributed by atoms with Gasteiger partial charge in [-0.2, -0.15) is 0 Å². The summed E-state index contributed by atoms with van der Waals surface area (Å²) in [4.78, 5) is 40.1. The second kappa shape index (κ2) is 10.6. The molecule has 36 heavy (non-hydrogen) atoms. The molecule has 0 saturated heterocycles. The summed E-state index contributed by atoms with van der Waals surface area (Å²) in [5.41, 5.74) is 15.1. The molecule has 0 aliphatic carbocycles. The molecule has 4 rings (SSSR count). The minimum atomic E-state index is -1.07. The van der Waals surface area contributed by atoms with Crippen molar-refractivity contribution in [3.8, 4) is 0 Å². The number of aromatic nitrogens is 4. The van der Waals surface area contributed by atoms with Crippen LogP contribution in [0.5, 0.6) is 0 Å². The van der Waals surface area contributed by atoms with Gasteiger partial charge in [-0.05, 0) is 61.7 Å². The molecule has 2 atom stereocenters. The van der Waals surface area contributed by atoms with Crippen molar-refractivity contribution in [1.29, 1.82) is 5.41 Å². The van der Waals surface area contributed by atoms with Gasteiger partial charge in [0.1, 0.15) is 23.5 Å². The van der Waals surface area contributed by atoms with Gasteiger partial charge in [0.05, 0.1) is 22.1 Å². The molecule has 0 saturated carbocycles. The van der Waals surface area contributed by atoms with E-state index >= 15 is 0 Å². The van der Waals surface area contributed by atoms with Crippen LogP contribution >= 0.6 is 0 Å². The Kier molecular flexibility index (Phi) is 7.30. The third-order valence-corrected chi connectivity index (χ3v) is 6.22. The lowest BCUT2D eigenvalue weighted by atomic mass is 9.96. The molecular weight excluding hydrogens is 460 g/mol. The van der Waals surface area contributed by atoms with Crippen molar-refractivity contribution in [3.63, 3.8) is 0 Å². The van der Waals surface area contributed by atoms with Crippen molar-refractivity contribution in [2.24, 2.45) is 17.4 Å². The molecule has 2 unspecified atom stereocenters. The number of carboxylic acid groups (broad SMARTS) is 1. The highest BCUT2D eigenvalue weighted by Crippen LogP contribution is 2.18. The molecular formula is C25H30N8O3. The number of benzene rings is 2. The number of carbonyl (C=O) groups excluding carboxylic acids is 1. The third kappa shape index (κ3) is 5.52. The Labute approximate surface area is 207 Å². The number of H-pyrrole nitrogens is 2. The quantitative estimate of drug-likeness (QED) is 0.123. The number of nitrogens with one attached hydrogen (secondary N) is 4. The molecule has 0 fully saturated rings. The van der Waals surface area contributed by atoms with Crippen molar-refractivity contribution < 1.29 is 14.7 Å². The Morgan fingerprint density at radius 3 is 2.11 bits per heavy atom. The molecule has 188 valence electrons. The number of fused-ring (bicyclic) bond motifs is 2. The van der Waals surface area contributed by atoms with Gasteiger partial charge in [0.2, 0.25) is 0 Å². The average Bonchev–Trinajstić information content (AvgIpc) is 3.46. The first-order valence-corrected chi connectivity index (χ1v) is 11.8. The minimum Gasteiger partial charge on any atom is -0.480 e. The summed E-state index contributed by atoms with van der Waals surface area (Å²) >= 11 is 0. The summed E-state index contributed by atoms with van der Waals surface area (Å²) in [6.45, 7) is 2.27. The lowest BCUT2D eigenvalue weighted by Crippen LogP contribution is -2.45. The Balaban J connectivity index is 1.44. The summed E-state index contributed by atoms with van der Waals surface area (Å²) in [5.74, 6) is -0.234. The number of nitrogens with two attached hydrogens (primary N) is 2. The zero-order valence-electron chi connectivity index (χ0n) is 20.0. The van der Waals surface area contributed by atoms with Crippen molar-refractivity contribution >= 4 is 39.8 Å². The van der Waals surface area contributed by atoms with E-state index in [4.69, 9.17) is 16.9 Å². The molecule has 0 bridgehead atoms. The van der Waals surface area contributed by atoms with E-state index in [1.807, 2.05) is 6.07 Å². The SMILES string of the molecule is CC(CCCN)C(NC(=O)c1ccc2nc(CCc3nc4ccc(C(=N)N)cc4[nH]3)[nH]c2c1)C(=O)O. The molecule has 11 nitrogen and oxygen atoms in total. The van der Waals surface area contributed by atoms with Crippen LogP contribution in [0.15, 0.2) is 36.4 Å². The molecule has 0 radical (unpaired) electrons. The van der Waals surface area contributed by atoms with E-state index in [-0.39, 0.29) is 11.8 Å². The van der Waals surface area contributed by atoms with E-state index in [9.17, 15) is 14.7 Å². The molecule has 0 spiro atoms. The molecule has 4 aromatic rings. The Morgan fingerprint density at radius 2 is 1.58 bits per heavy atom. The monoisotopic (exact) mass is 490 g/mol. The highest BCUT2D eigenvalue weighted by atomic mass is 16.4. The standard InChI is InChI=1S/C25H30N8O3/c1-13(3-2-10-26)22(25(35)36)33-24(34)15-5-7-17-19(12-15)32-21(30-17)9-8-20-29-16-6-4-14(23(27)28)11-18(16)31-20/h4-7,11-13,22H,2-3,8-10,26H2,1H3,(H3,27,28)(H,29,31)(H,30,32)(H,33,34)(H,35,36).